The highest BCUT2D eigenvalue weighted by atomic mass is 79.9. The van der Waals surface area contributed by atoms with Gasteiger partial charge in [-0.2, -0.15) is 0 Å². The van der Waals surface area contributed by atoms with Crippen LogP contribution in [0.1, 0.15) is 23.6 Å². The SMILES string of the molecule is NC(=O)/C=C/C=C\c1cncnc1NC(CN1CCC1)c1cccc(Br)c1. The first-order valence-corrected chi connectivity index (χ1v) is 9.59. The van der Waals surface area contributed by atoms with E-state index in [1.807, 2.05) is 18.2 Å². The Hall–Kier alpha value is -2.51. The first-order chi connectivity index (χ1) is 13.1. The Morgan fingerprint density at radius 2 is 2.22 bits per heavy atom. The molecule has 1 saturated heterocycles. The zero-order chi connectivity index (χ0) is 19.1. The predicted molar refractivity (Wildman–Crippen MR) is 111 cm³/mol. The molecule has 0 spiro atoms. The number of carbonyl (C=O) groups excluding carboxylic acids is 1. The Morgan fingerprint density at radius 3 is 2.93 bits per heavy atom. The van der Waals surface area contributed by atoms with Crippen LogP contribution in [0.15, 0.2) is 59.5 Å². The number of rotatable bonds is 8. The average molecular weight is 428 g/mol. The fourth-order valence-corrected chi connectivity index (χ4v) is 3.25. The maximum Gasteiger partial charge on any atom is 0.241 e. The predicted octanol–water partition coefficient (Wildman–Crippen LogP) is 3.15. The summed E-state index contributed by atoms with van der Waals surface area (Å²) in [4.78, 5) is 21.7. The third-order valence-corrected chi connectivity index (χ3v) is 4.83. The van der Waals surface area contributed by atoms with Crippen LogP contribution in [0.4, 0.5) is 5.82 Å². The van der Waals surface area contributed by atoms with Gasteiger partial charge in [-0.05, 0) is 43.3 Å². The Balaban J connectivity index is 1.81. The van der Waals surface area contributed by atoms with Crippen LogP contribution in [0.2, 0.25) is 0 Å². The van der Waals surface area contributed by atoms with Crippen LogP contribution in [-0.2, 0) is 4.79 Å². The number of benzene rings is 1. The topological polar surface area (TPSA) is 84.1 Å². The van der Waals surface area contributed by atoms with Crippen LogP contribution < -0.4 is 11.1 Å². The van der Waals surface area contributed by atoms with Crippen molar-refractivity contribution >= 4 is 33.7 Å². The number of halogens is 1. The van der Waals surface area contributed by atoms with Crippen molar-refractivity contribution in [3.05, 3.63) is 70.6 Å². The molecule has 1 aliphatic rings. The first-order valence-electron chi connectivity index (χ1n) is 8.80. The van der Waals surface area contributed by atoms with Gasteiger partial charge in [-0.1, -0.05) is 40.2 Å². The van der Waals surface area contributed by atoms with Crippen LogP contribution in [0.25, 0.3) is 6.08 Å². The van der Waals surface area contributed by atoms with E-state index < -0.39 is 5.91 Å². The summed E-state index contributed by atoms with van der Waals surface area (Å²) in [6, 6.07) is 8.41. The molecule has 0 saturated carbocycles. The number of primary amides is 1. The van der Waals surface area contributed by atoms with Crippen LogP contribution in [-0.4, -0.2) is 40.4 Å². The molecule has 1 unspecified atom stereocenters. The number of carbonyl (C=O) groups is 1. The van der Waals surface area contributed by atoms with Gasteiger partial charge in [-0.25, -0.2) is 9.97 Å². The number of allylic oxidation sites excluding steroid dienone is 2. The van der Waals surface area contributed by atoms with Crippen LogP contribution in [0, 0.1) is 0 Å². The molecular formula is C20H22BrN5O. The molecular weight excluding hydrogens is 406 g/mol. The number of hydrogen-bond acceptors (Lipinski definition) is 5. The summed E-state index contributed by atoms with van der Waals surface area (Å²) in [5.74, 6) is 0.269. The lowest BCUT2D eigenvalue weighted by Gasteiger charge is -2.35. The van der Waals surface area contributed by atoms with Crippen molar-refractivity contribution in [3.63, 3.8) is 0 Å². The van der Waals surface area contributed by atoms with Crippen molar-refractivity contribution in [2.24, 2.45) is 5.73 Å². The number of nitrogens with two attached hydrogens (primary N) is 1. The fourth-order valence-electron chi connectivity index (χ4n) is 2.84. The lowest BCUT2D eigenvalue weighted by molar-refractivity contribution is -0.113. The highest BCUT2D eigenvalue weighted by molar-refractivity contribution is 9.10. The summed E-state index contributed by atoms with van der Waals surface area (Å²) in [5.41, 5.74) is 7.14. The van der Waals surface area contributed by atoms with Gasteiger partial charge < -0.3 is 16.0 Å². The molecule has 7 heteroatoms. The molecule has 1 aliphatic heterocycles. The van der Waals surface area contributed by atoms with E-state index in [1.165, 1.54) is 24.4 Å². The molecule has 6 nitrogen and oxygen atoms in total. The van der Waals surface area contributed by atoms with Gasteiger partial charge in [0.05, 0.1) is 6.04 Å². The molecule has 0 radical (unpaired) electrons. The molecule has 1 amide bonds. The van der Waals surface area contributed by atoms with Crippen LogP contribution in [0.5, 0.6) is 0 Å². The Bertz CT molecular complexity index is 848. The second kappa shape index (κ2) is 9.43. The van der Waals surface area contributed by atoms with Crippen molar-refractivity contribution in [3.8, 4) is 0 Å². The number of nitrogens with one attached hydrogen (secondary N) is 1. The van der Waals surface area contributed by atoms with E-state index >= 15 is 0 Å². The van der Waals surface area contributed by atoms with Gasteiger partial charge in [0.25, 0.3) is 0 Å². The summed E-state index contributed by atoms with van der Waals surface area (Å²) in [6.07, 6.45) is 11.0. The third-order valence-electron chi connectivity index (χ3n) is 4.34. The molecule has 1 atom stereocenters. The summed E-state index contributed by atoms with van der Waals surface area (Å²) in [6.45, 7) is 3.16. The van der Waals surface area contributed by atoms with Gasteiger partial charge >= 0.3 is 0 Å². The molecule has 1 fully saturated rings. The number of amides is 1. The van der Waals surface area contributed by atoms with Crippen LogP contribution >= 0.6 is 15.9 Å². The lowest BCUT2D eigenvalue weighted by atomic mass is 10.0. The monoisotopic (exact) mass is 427 g/mol. The minimum absolute atomic E-state index is 0.103. The standard InChI is InChI=1S/C20H22BrN5O/c21-17-7-3-6-15(11-17)18(13-26-9-4-10-26)25-20-16(12-23-14-24-20)5-1-2-8-19(22)27/h1-3,5-8,11-12,14,18H,4,9-10,13H2,(H2,22,27)(H,23,24,25)/b5-1-,8-2+. The van der Waals surface area contributed by atoms with Crippen LogP contribution in [0.3, 0.4) is 0 Å². The van der Waals surface area contributed by atoms with E-state index in [0.29, 0.717) is 0 Å². The molecule has 0 aliphatic carbocycles. The van der Waals surface area contributed by atoms with Crippen molar-refractivity contribution in [1.82, 2.24) is 14.9 Å². The number of nitrogens with zero attached hydrogens (tertiary/aromatic N) is 3. The molecule has 27 heavy (non-hydrogen) atoms. The van der Waals surface area contributed by atoms with Crippen molar-refractivity contribution < 1.29 is 4.79 Å². The quantitative estimate of drug-likeness (QED) is 0.499. The van der Waals surface area contributed by atoms with Gasteiger partial charge in [-0.15, -0.1) is 0 Å². The van der Waals surface area contributed by atoms with E-state index in [0.717, 1.165) is 35.5 Å². The highest BCUT2D eigenvalue weighted by Crippen LogP contribution is 2.26. The maximum absolute atomic E-state index is 10.8. The van der Waals surface area contributed by atoms with Gasteiger partial charge in [0.15, 0.2) is 0 Å². The minimum Gasteiger partial charge on any atom is -0.366 e. The fraction of sp³-hybridized carbons (Fsp3) is 0.250. The Morgan fingerprint density at radius 1 is 1.37 bits per heavy atom. The van der Waals surface area contributed by atoms with Gasteiger partial charge in [-0.3, -0.25) is 4.79 Å². The summed E-state index contributed by atoms with van der Waals surface area (Å²) < 4.78 is 1.05. The maximum atomic E-state index is 10.8. The molecule has 1 aromatic heterocycles. The smallest absolute Gasteiger partial charge is 0.241 e. The molecule has 0 bridgehead atoms. The Kier molecular flexibility index (Phi) is 6.73. The lowest BCUT2D eigenvalue weighted by Crippen LogP contribution is -2.41. The van der Waals surface area contributed by atoms with Gasteiger partial charge in [0.2, 0.25) is 5.91 Å². The molecule has 1 aromatic carbocycles. The van der Waals surface area contributed by atoms with Crippen molar-refractivity contribution in [2.75, 3.05) is 25.0 Å². The average Bonchev–Trinajstić information content (AvgIpc) is 2.61. The second-order valence-corrected chi connectivity index (χ2v) is 7.27. The van der Waals surface area contributed by atoms with Crippen molar-refractivity contribution in [1.29, 1.82) is 0 Å². The number of anilines is 1. The largest absolute Gasteiger partial charge is 0.366 e. The van der Waals surface area contributed by atoms with E-state index in [9.17, 15) is 4.79 Å². The molecule has 2 aromatic rings. The van der Waals surface area contributed by atoms with Gasteiger partial charge in [0.1, 0.15) is 12.1 Å². The third kappa shape index (κ3) is 5.74. The molecule has 140 valence electrons. The normalized spacial score (nSPS) is 15.7. The number of aromatic nitrogens is 2. The molecule has 3 rings (SSSR count). The summed E-state index contributed by atoms with van der Waals surface area (Å²) >= 11 is 3.56. The zero-order valence-electron chi connectivity index (χ0n) is 14.9. The van der Waals surface area contributed by atoms with Crippen molar-refractivity contribution in [2.45, 2.75) is 12.5 Å². The van der Waals surface area contributed by atoms with E-state index in [1.54, 1.807) is 18.3 Å². The molecule has 2 heterocycles. The van der Waals surface area contributed by atoms with E-state index in [4.69, 9.17) is 5.73 Å². The molecule has 3 N–H and O–H groups in total. The summed E-state index contributed by atoms with van der Waals surface area (Å²) in [5, 5.41) is 3.56. The first kappa shape index (κ1) is 19.3. The minimum atomic E-state index is -0.480. The zero-order valence-corrected chi connectivity index (χ0v) is 16.5. The van der Waals surface area contributed by atoms with E-state index in [-0.39, 0.29) is 6.04 Å². The van der Waals surface area contributed by atoms with E-state index in [2.05, 4.69) is 48.2 Å². The van der Waals surface area contributed by atoms with Gasteiger partial charge in [0, 0.05) is 28.9 Å². The highest BCUT2D eigenvalue weighted by Gasteiger charge is 2.21. The summed E-state index contributed by atoms with van der Waals surface area (Å²) in [7, 11) is 0. The number of likely N-dealkylation sites (tertiary alicyclic amines) is 1. The Labute approximate surface area is 167 Å². The second-order valence-electron chi connectivity index (χ2n) is 6.35. The number of hydrogen-bond donors (Lipinski definition) is 2.